The van der Waals surface area contributed by atoms with Crippen molar-refractivity contribution in [1.82, 2.24) is 9.80 Å². The Balaban J connectivity index is 1.93. The molecule has 1 fully saturated rings. The van der Waals surface area contributed by atoms with E-state index >= 15 is 0 Å². The van der Waals surface area contributed by atoms with Crippen molar-refractivity contribution in [3.05, 3.63) is 35.9 Å². The average Bonchev–Trinajstić information content (AvgIpc) is 2.39. The quantitative estimate of drug-likeness (QED) is 0.822. The maximum atomic E-state index is 12.1. The number of hydrogen-bond acceptors (Lipinski definition) is 2. The van der Waals surface area contributed by atoms with Gasteiger partial charge >= 0.3 is 0 Å². The number of nitrogens with zero attached hydrogens (tertiary/aromatic N) is 2. The Hall–Kier alpha value is -1.84. The number of carbonyl (C=O) groups excluding carboxylic acids is 2. The Kier molecular flexibility index (Phi) is 4.20. The van der Waals surface area contributed by atoms with Gasteiger partial charge in [0, 0.05) is 19.1 Å². The van der Waals surface area contributed by atoms with Crippen LogP contribution in [-0.2, 0) is 16.0 Å². The predicted molar refractivity (Wildman–Crippen MR) is 73.6 cm³/mol. The average molecular weight is 260 g/mol. The van der Waals surface area contributed by atoms with E-state index in [0.717, 1.165) is 5.56 Å². The summed E-state index contributed by atoms with van der Waals surface area (Å²) in [6, 6.07) is 9.85. The van der Waals surface area contributed by atoms with Crippen molar-refractivity contribution >= 4 is 11.8 Å². The van der Waals surface area contributed by atoms with E-state index < -0.39 is 0 Å². The lowest BCUT2D eigenvalue weighted by atomic mass is 10.1. The molecule has 1 aliphatic heterocycles. The second kappa shape index (κ2) is 5.87. The molecule has 2 rings (SSSR count). The van der Waals surface area contributed by atoms with Crippen molar-refractivity contribution in [1.29, 1.82) is 0 Å². The Labute approximate surface area is 114 Å². The molecule has 19 heavy (non-hydrogen) atoms. The van der Waals surface area contributed by atoms with Crippen LogP contribution in [0.1, 0.15) is 19.4 Å². The van der Waals surface area contributed by atoms with Gasteiger partial charge in [0.05, 0.1) is 13.0 Å². The summed E-state index contributed by atoms with van der Waals surface area (Å²) in [6.07, 6.45) is 0.371. The fraction of sp³-hybridized carbons (Fsp3) is 0.467. The molecule has 1 aromatic rings. The summed E-state index contributed by atoms with van der Waals surface area (Å²) in [5, 5.41) is 0. The molecule has 0 N–H and O–H groups in total. The summed E-state index contributed by atoms with van der Waals surface area (Å²) in [5.74, 6) is 0.0746. The fourth-order valence-corrected chi connectivity index (χ4v) is 2.33. The van der Waals surface area contributed by atoms with Crippen LogP contribution in [0.3, 0.4) is 0 Å². The molecule has 4 nitrogen and oxygen atoms in total. The molecule has 0 unspecified atom stereocenters. The minimum atomic E-state index is 0.0305. The second-order valence-corrected chi connectivity index (χ2v) is 5.16. The van der Waals surface area contributed by atoms with Crippen LogP contribution in [-0.4, -0.2) is 47.3 Å². The van der Waals surface area contributed by atoms with E-state index in [-0.39, 0.29) is 24.4 Å². The standard InChI is InChI=1S/C15H20N2O2/c1-12(2)17-9-8-16(11-15(17)19)14(18)10-13-6-4-3-5-7-13/h3-7,12H,8-11H2,1-2H3. The molecule has 0 bridgehead atoms. The van der Waals surface area contributed by atoms with Crippen molar-refractivity contribution in [3.8, 4) is 0 Å². The third-order valence-electron chi connectivity index (χ3n) is 3.43. The molecule has 4 heteroatoms. The molecule has 1 aliphatic rings. The van der Waals surface area contributed by atoms with E-state index in [4.69, 9.17) is 0 Å². The van der Waals surface area contributed by atoms with Crippen LogP contribution in [0.25, 0.3) is 0 Å². The number of benzene rings is 1. The van der Waals surface area contributed by atoms with Crippen LogP contribution in [0.2, 0.25) is 0 Å². The normalized spacial score (nSPS) is 16.1. The van der Waals surface area contributed by atoms with Crippen molar-refractivity contribution in [3.63, 3.8) is 0 Å². The molecular weight excluding hydrogens is 240 g/mol. The predicted octanol–water partition coefficient (Wildman–Crippen LogP) is 1.31. The molecular formula is C15H20N2O2. The lowest BCUT2D eigenvalue weighted by Gasteiger charge is -2.36. The van der Waals surface area contributed by atoms with E-state index in [9.17, 15) is 9.59 Å². The molecule has 0 saturated carbocycles. The van der Waals surface area contributed by atoms with Crippen LogP contribution in [0, 0.1) is 0 Å². The molecule has 0 aliphatic carbocycles. The smallest absolute Gasteiger partial charge is 0.242 e. The third kappa shape index (κ3) is 3.34. The highest BCUT2D eigenvalue weighted by Gasteiger charge is 2.28. The lowest BCUT2D eigenvalue weighted by molar-refractivity contribution is -0.146. The monoisotopic (exact) mass is 260 g/mol. The number of amides is 2. The molecule has 0 atom stereocenters. The number of hydrogen-bond donors (Lipinski definition) is 0. The number of rotatable bonds is 3. The highest BCUT2D eigenvalue weighted by Crippen LogP contribution is 2.10. The Bertz CT molecular complexity index is 456. The second-order valence-electron chi connectivity index (χ2n) is 5.16. The Morgan fingerprint density at radius 1 is 1.21 bits per heavy atom. The SMILES string of the molecule is CC(C)N1CCN(C(=O)Cc2ccccc2)CC1=O. The fourth-order valence-electron chi connectivity index (χ4n) is 2.33. The van der Waals surface area contributed by atoms with Gasteiger partial charge in [-0.05, 0) is 19.4 Å². The van der Waals surface area contributed by atoms with E-state index in [1.165, 1.54) is 0 Å². The van der Waals surface area contributed by atoms with Gasteiger partial charge in [-0.25, -0.2) is 0 Å². The molecule has 2 amide bonds. The van der Waals surface area contributed by atoms with Crippen LogP contribution >= 0.6 is 0 Å². The highest BCUT2D eigenvalue weighted by atomic mass is 16.2. The van der Waals surface area contributed by atoms with E-state index in [2.05, 4.69) is 0 Å². The van der Waals surface area contributed by atoms with E-state index in [0.29, 0.717) is 19.5 Å². The molecule has 0 spiro atoms. The first-order valence-corrected chi connectivity index (χ1v) is 6.69. The van der Waals surface area contributed by atoms with Gasteiger partial charge in [0.2, 0.25) is 11.8 Å². The minimum Gasteiger partial charge on any atom is -0.337 e. The van der Waals surface area contributed by atoms with Crippen molar-refractivity contribution < 1.29 is 9.59 Å². The van der Waals surface area contributed by atoms with Gasteiger partial charge in [0.25, 0.3) is 0 Å². The summed E-state index contributed by atoms with van der Waals surface area (Å²) in [4.78, 5) is 27.6. The van der Waals surface area contributed by atoms with Gasteiger partial charge in [0.15, 0.2) is 0 Å². The zero-order chi connectivity index (χ0) is 13.8. The first kappa shape index (κ1) is 13.6. The van der Waals surface area contributed by atoms with Crippen molar-refractivity contribution in [2.45, 2.75) is 26.3 Å². The maximum Gasteiger partial charge on any atom is 0.242 e. The van der Waals surface area contributed by atoms with Crippen LogP contribution in [0.4, 0.5) is 0 Å². The van der Waals surface area contributed by atoms with Gasteiger partial charge in [0.1, 0.15) is 0 Å². The molecule has 0 radical (unpaired) electrons. The third-order valence-corrected chi connectivity index (χ3v) is 3.43. The van der Waals surface area contributed by atoms with Gasteiger partial charge in [-0.15, -0.1) is 0 Å². The number of piperazine rings is 1. The van der Waals surface area contributed by atoms with Gasteiger partial charge in [-0.3, -0.25) is 9.59 Å². The summed E-state index contributed by atoms with van der Waals surface area (Å²) < 4.78 is 0. The minimum absolute atomic E-state index is 0.0305. The maximum absolute atomic E-state index is 12.1. The molecule has 102 valence electrons. The van der Waals surface area contributed by atoms with Gasteiger partial charge in [-0.1, -0.05) is 30.3 Å². The van der Waals surface area contributed by atoms with Crippen molar-refractivity contribution in [2.24, 2.45) is 0 Å². The largest absolute Gasteiger partial charge is 0.337 e. The molecule has 1 saturated heterocycles. The van der Waals surface area contributed by atoms with Crippen LogP contribution in [0.15, 0.2) is 30.3 Å². The Morgan fingerprint density at radius 3 is 2.47 bits per heavy atom. The zero-order valence-electron chi connectivity index (χ0n) is 11.5. The highest BCUT2D eigenvalue weighted by molar-refractivity contribution is 5.87. The van der Waals surface area contributed by atoms with Crippen LogP contribution in [0.5, 0.6) is 0 Å². The summed E-state index contributed by atoms with van der Waals surface area (Å²) in [6.45, 7) is 5.48. The lowest BCUT2D eigenvalue weighted by Crippen LogP contribution is -2.54. The number of carbonyl (C=O) groups is 2. The van der Waals surface area contributed by atoms with E-state index in [1.54, 1.807) is 4.90 Å². The van der Waals surface area contributed by atoms with E-state index in [1.807, 2.05) is 49.1 Å². The van der Waals surface area contributed by atoms with Gasteiger partial charge in [-0.2, -0.15) is 0 Å². The summed E-state index contributed by atoms with van der Waals surface area (Å²) in [5.41, 5.74) is 0.992. The van der Waals surface area contributed by atoms with Gasteiger partial charge < -0.3 is 9.80 Å². The Morgan fingerprint density at radius 2 is 1.89 bits per heavy atom. The topological polar surface area (TPSA) is 40.6 Å². The molecule has 0 aromatic heterocycles. The first-order valence-electron chi connectivity index (χ1n) is 6.69. The van der Waals surface area contributed by atoms with Crippen LogP contribution < -0.4 is 0 Å². The summed E-state index contributed by atoms with van der Waals surface area (Å²) in [7, 11) is 0. The first-order chi connectivity index (χ1) is 9.08. The molecule has 1 aromatic carbocycles. The molecule has 1 heterocycles. The van der Waals surface area contributed by atoms with Crippen molar-refractivity contribution in [2.75, 3.05) is 19.6 Å². The summed E-state index contributed by atoms with van der Waals surface area (Å²) >= 11 is 0. The zero-order valence-corrected chi connectivity index (χ0v) is 11.5.